The summed E-state index contributed by atoms with van der Waals surface area (Å²) < 4.78 is 0. The van der Waals surface area contributed by atoms with Crippen LogP contribution in [-0.2, 0) is 4.79 Å². The standard InChI is InChI=1S/C12H16Cl2N2.C12H24N2O.CH4/c1-2-15-6-8-16(9-7-15)11-5-3-4-10(13)12(11)14;13-10-6-2-5-9-12(15)14-11-7-3-1-4-8-11;/h3-5H,2,6-9H2,1H3;11H,1-10,13H2,(H,14,15);1H4. The van der Waals surface area contributed by atoms with Gasteiger partial charge in [0, 0.05) is 38.6 Å². The zero-order valence-corrected chi connectivity index (χ0v) is 20.6. The zero-order chi connectivity index (χ0) is 22.5. The van der Waals surface area contributed by atoms with Crippen molar-refractivity contribution in [1.82, 2.24) is 10.2 Å². The van der Waals surface area contributed by atoms with Crippen molar-refractivity contribution in [3.8, 4) is 0 Å². The summed E-state index contributed by atoms with van der Waals surface area (Å²) in [5, 5.41) is 4.44. The summed E-state index contributed by atoms with van der Waals surface area (Å²) in [7, 11) is 0. The van der Waals surface area contributed by atoms with Crippen LogP contribution in [0.25, 0.3) is 0 Å². The molecule has 2 aliphatic rings. The van der Waals surface area contributed by atoms with Crippen LogP contribution in [0.5, 0.6) is 0 Å². The lowest BCUT2D eigenvalue weighted by molar-refractivity contribution is -0.122. The number of carbonyl (C=O) groups excluding carboxylic acids is 1. The summed E-state index contributed by atoms with van der Waals surface area (Å²) >= 11 is 12.2. The minimum Gasteiger partial charge on any atom is -0.368 e. The van der Waals surface area contributed by atoms with Crippen LogP contribution in [0.3, 0.4) is 0 Å². The quantitative estimate of drug-likeness (QED) is 0.460. The summed E-state index contributed by atoms with van der Waals surface area (Å²) in [6.07, 6.45) is 10.0. The molecule has 1 aromatic carbocycles. The summed E-state index contributed by atoms with van der Waals surface area (Å²) in [4.78, 5) is 16.3. The number of nitrogens with zero attached hydrogens (tertiary/aromatic N) is 2. The smallest absolute Gasteiger partial charge is 0.220 e. The van der Waals surface area contributed by atoms with Gasteiger partial charge in [0.2, 0.25) is 5.91 Å². The van der Waals surface area contributed by atoms with Crippen molar-refractivity contribution in [3.05, 3.63) is 28.2 Å². The molecule has 1 amide bonds. The highest BCUT2D eigenvalue weighted by Gasteiger charge is 2.18. The van der Waals surface area contributed by atoms with Crippen molar-refractivity contribution in [3.63, 3.8) is 0 Å². The number of carbonyl (C=O) groups is 1. The van der Waals surface area contributed by atoms with Gasteiger partial charge in [0.1, 0.15) is 0 Å². The number of hydrogen-bond acceptors (Lipinski definition) is 4. The molecule has 0 bridgehead atoms. The number of hydrogen-bond donors (Lipinski definition) is 2. The lowest BCUT2D eigenvalue weighted by Gasteiger charge is -2.36. The van der Waals surface area contributed by atoms with E-state index < -0.39 is 0 Å². The Bertz CT molecular complexity index is 645. The first-order valence-electron chi connectivity index (χ1n) is 12.0. The Hall–Kier alpha value is -1.01. The van der Waals surface area contributed by atoms with Crippen molar-refractivity contribution < 1.29 is 4.79 Å². The van der Waals surface area contributed by atoms with Crippen LogP contribution in [0.2, 0.25) is 10.0 Å². The number of anilines is 1. The van der Waals surface area contributed by atoms with Crippen molar-refractivity contribution in [2.45, 2.75) is 78.2 Å². The molecule has 3 rings (SSSR count). The van der Waals surface area contributed by atoms with Gasteiger partial charge in [0.25, 0.3) is 0 Å². The Labute approximate surface area is 206 Å². The lowest BCUT2D eigenvalue weighted by atomic mass is 9.95. The van der Waals surface area contributed by atoms with Gasteiger partial charge in [0.05, 0.1) is 15.7 Å². The third-order valence-electron chi connectivity index (χ3n) is 6.17. The van der Waals surface area contributed by atoms with Gasteiger partial charge < -0.3 is 20.9 Å². The fourth-order valence-corrected chi connectivity index (χ4v) is 4.61. The molecule has 5 nitrogen and oxygen atoms in total. The van der Waals surface area contributed by atoms with Gasteiger partial charge in [-0.15, -0.1) is 0 Å². The van der Waals surface area contributed by atoms with Gasteiger partial charge >= 0.3 is 0 Å². The van der Waals surface area contributed by atoms with E-state index in [4.69, 9.17) is 28.9 Å². The molecule has 0 aromatic heterocycles. The molecule has 0 spiro atoms. The molecule has 3 N–H and O–H groups in total. The first-order valence-corrected chi connectivity index (χ1v) is 12.7. The number of unbranched alkanes of at least 4 members (excludes halogenated alkanes) is 2. The first-order chi connectivity index (χ1) is 15.0. The number of nitrogens with two attached hydrogens (primary N) is 1. The van der Waals surface area contributed by atoms with Gasteiger partial charge in [-0.25, -0.2) is 0 Å². The Morgan fingerprint density at radius 3 is 2.38 bits per heavy atom. The first kappa shape index (κ1) is 29.0. The summed E-state index contributed by atoms with van der Waals surface area (Å²) in [5.41, 5.74) is 6.45. The highest BCUT2D eigenvalue weighted by molar-refractivity contribution is 6.43. The predicted molar refractivity (Wildman–Crippen MR) is 140 cm³/mol. The highest BCUT2D eigenvalue weighted by Crippen LogP contribution is 2.32. The second kappa shape index (κ2) is 16.6. The molecule has 1 saturated carbocycles. The second-order valence-electron chi connectivity index (χ2n) is 8.50. The van der Waals surface area contributed by atoms with Crippen molar-refractivity contribution in [1.29, 1.82) is 0 Å². The Kier molecular flexibility index (Phi) is 15.0. The Morgan fingerprint density at radius 2 is 1.75 bits per heavy atom. The molecule has 1 aromatic rings. The maximum absolute atomic E-state index is 11.5. The third kappa shape index (κ3) is 10.3. The van der Waals surface area contributed by atoms with Crippen LogP contribution in [0.4, 0.5) is 5.69 Å². The van der Waals surface area contributed by atoms with Crippen LogP contribution in [0, 0.1) is 0 Å². The van der Waals surface area contributed by atoms with Crippen molar-refractivity contribution in [2.75, 3.05) is 44.2 Å². The fraction of sp³-hybridized carbons (Fsp3) is 0.720. The number of benzene rings is 1. The number of halogens is 2. The van der Waals surface area contributed by atoms with Crippen LogP contribution in [0.15, 0.2) is 18.2 Å². The zero-order valence-electron chi connectivity index (χ0n) is 19.1. The molecule has 7 heteroatoms. The molecule has 0 atom stereocenters. The summed E-state index contributed by atoms with van der Waals surface area (Å²) in [5.74, 6) is 0.235. The maximum atomic E-state index is 11.5. The largest absolute Gasteiger partial charge is 0.368 e. The number of likely N-dealkylation sites (N-methyl/N-ethyl adjacent to an activating group) is 1. The minimum atomic E-state index is 0. The van der Waals surface area contributed by atoms with E-state index in [9.17, 15) is 4.79 Å². The Balaban J connectivity index is 0.000000311. The molecule has 184 valence electrons. The molecule has 0 unspecified atom stereocenters. The number of nitrogens with one attached hydrogen (secondary N) is 1. The van der Waals surface area contributed by atoms with E-state index in [-0.39, 0.29) is 13.3 Å². The van der Waals surface area contributed by atoms with Crippen LogP contribution >= 0.6 is 23.2 Å². The van der Waals surface area contributed by atoms with Gasteiger partial charge in [0.15, 0.2) is 0 Å². The minimum absolute atomic E-state index is 0. The van der Waals surface area contributed by atoms with E-state index in [1.54, 1.807) is 0 Å². The monoisotopic (exact) mass is 486 g/mol. The van der Waals surface area contributed by atoms with Gasteiger partial charge in [-0.1, -0.05) is 69.3 Å². The van der Waals surface area contributed by atoms with E-state index in [1.165, 1.54) is 32.1 Å². The van der Waals surface area contributed by atoms with E-state index in [0.717, 1.165) is 64.2 Å². The Morgan fingerprint density at radius 1 is 1.06 bits per heavy atom. The molecular weight excluding hydrogens is 443 g/mol. The van der Waals surface area contributed by atoms with Crippen molar-refractivity contribution in [2.24, 2.45) is 5.73 Å². The molecule has 1 saturated heterocycles. The average Bonchev–Trinajstić information content (AvgIpc) is 2.80. The van der Waals surface area contributed by atoms with Crippen LogP contribution < -0.4 is 16.0 Å². The van der Waals surface area contributed by atoms with Gasteiger partial charge in [-0.3, -0.25) is 4.79 Å². The molecule has 2 fully saturated rings. The maximum Gasteiger partial charge on any atom is 0.220 e. The lowest BCUT2D eigenvalue weighted by Crippen LogP contribution is -2.46. The van der Waals surface area contributed by atoms with E-state index in [0.29, 0.717) is 22.5 Å². The fourth-order valence-electron chi connectivity index (χ4n) is 4.20. The topological polar surface area (TPSA) is 61.6 Å². The van der Waals surface area contributed by atoms with E-state index >= 15 is 0 Å². The number of rotatable bonds is 8. The molecule has 32 heavy (non-hydrogen) atoms. The normalized spacial score (nSPS) is 17.2. The average molecular weight is 488 g/mol. The highest BCUT2D eigenvalue weighted by atomic mass is 35.5. The molecular formula is C25H44Cl2N4O. The molecule has 0 radical (unpaired) electrons. The molecule has 1 aliphatic carbocycles. The molecule has 1 aliphatic heterocycles. The number of piperazine rings is 1. The SMILES string of the molecule is C.CCN1CCN(c2cccc(Cl)c2Cl)CC1.NCCCCCC(=O)NC1CCCCC1. The third-order valence-corrected chi connectivity index (χ3v) is 6.98. The second-order valence-corrected chi connectivity index (χ2v) is 9.28. The predicted octanol–water partition coefficient (Wildman–Crippen LogP) is 5.73. The summed E-state index contributed by atoms with van der Waals surface area (Å²) in [6.45, 7) is 8.30. The van der Waals surface area contributed by atoms with Crippen molar-refractivity contribution >= 4 is 34.8 Å². The van der Waals surface area contributed by atoms with Crippen LogP contribution in [-0.4, -0.2) is 56.1 Å². The van der Waals surface area contributed by atoms with Crippen LogP contribution in [0.1, 0.15) is 72.1 Å². The van der Waals surface area contributed by atoms with Gasteiger partial charge in [-0.05, 0) is 50.9 Å². The number of amides is 1. The summed E-state index contributed by atoms with van der Waals surface area (Å²) in [6, 6.07) is 6.28. The van der Waals surface area contributed by atoms with Gasteiger partial charge in [-0.2, -0.15) is 0 Å². The van der Waals surface area contributed by atoms with E-state index in [2.05, 4.69) is 22.0 Å². The van der Waals surface area contributed by atoms with E-state index in [1.807, 2.05) is 18.2 Å². The molecule has 1 heterocycles.